The van der Waals surface area contributed by atoms with E-state index in [9.17, 15) is 18.8 Å². The molecule has 0 spiro atoms. The van der Waals surface area contributed by atoms with E-state index in [0.29, 0.717) is 11.3 Å². The molecule has 6 nitrogen and oxygen atoms in total. The first kappa shape index (κ1) is 13.5. The summed E-state index contributed by atoms with van der Waals surface area (Å²) >= 11 is 0. The molecule has 2 aliphatic rings. The zero-order valence-corrected chi connectivity index (χ0v) is 11.4. The average molecular weight is 291 g/mol. The Kier molecular flexibility index (Phi) is 2.76. The standard InChI is InChI=1S/C14H14FN3O3/c1-14(5-4-10(19)17-13(14)21)18-6-7-9(16)3-2-8(15)11(7)12(18)20/h2-3H,4-6,16H2,1H3,(H,17,19,21). The van der Waals surface area contributed by atoms with E-state index < -0.39 is 23.2 Å². The minimum atomic E-state index is -1.18. The summed E-state index contributed by atoms with van der Waals surface area (Å²) < 4.78 is 13.9. The molecule has 0 aliphatic carbocycles. The van der Waals surface area contributed by atoms with Gasteiger partial charge < -0.3 is 10.6 Å². The Morgan fingerprint density at radius 1 is 1.33 bits per heavy atom. The SMILES string of the molecule is CC1(N2Cc3c(N)ccc(F)c3C2=O)CCC(=O)NC1=O. The fourth-order valence-electron chi connectivity index (χ4n) is 2.85. The van der Waals surface area contributed by atoms with E-state index in [0.717, 1.165) is 6.07 Å². The second kappa shape index (κ2) is 4.28. The predicted molar refractivity (Wildman–Crippen MR) is 71.5 cm³/mol. The quantitative estimate of drug-likeness (QED) is 0.584. The van der Waals surface area contributed by atoms with Gasteiger partial charge in [0.2, 0.25) is 5.91 Å². The van der Waals surface area contributed by atoms with Gasteiger partial charge in [-0.2, -0.15) is 0 Å². The number of rotatable bonds is 1. The van der Waals surface area contributed by atoms with E-state index in [1.54, 1.807) is 6.92 Å². The van der Waals surface area contributed by atoms with Gasteiger partial charge in [0.1, 0.15) is 11.4 Å². The van der Waals surface area contributed by atoms with E-state index in [-0.39, 0.29) is 30.9 Å². The first-order valence-electron chi connectivity index (χ1n) is 6.57. The van der Waals surface area contributed by atoms with Gasteiger partial charge in [0, 0.05) is 17.7 Å². The largest absolute Gasteiger partial charge is 0.398 e. The van der Waals surface area contributed by atoms with E-state index in [1.165, 1.54) is 11.0 Å². The van der Waals surface area contributed by atoms with Gasteiger partial charge in [0.15, 0.2) is 0 Å². The fourth-order valence-corrected chi connectivity index (χ4v) is 2.85. The normalized spacial score (nSPS) is 25.0. The summed E-state index contributed by atoms with van der Waals surface area (Å²) in [5, 5.41) is 2.23. The summed E-state index contributed by atoms with van der Waals surface area (Å²) in [5.41, 5.74) is 5.25. The highest BCUT2D eigenvalue weighted by Crippen LogP contribution is 2.37. The molecule has 2 aliphatic heterocycles. The van der Waals surface area contributed by atoms with Crippen molar-refractivity contribution in [2.24, 2.45) is 0 Å². The Morgan fingerprint density at radius 2 is 2.05 bits per heavy atom. The summed E-state index contributed by atoms with van der Waals surface area (Å²) in [5.74, 6) is -2.13. The number of fused-ring (bicyclic) bond motifs is 1. The lowest BCUT2D eigenvalue weighted by molar-refractivity contribution is -0.142. The summed E-state index contributed by atoms with van der Waals surface area (Å²) in [6, 6.07) is 2.54. The summed E-state index contributed by atoms with van der Waals surface area (Å²) in [6.07, 6.45) is 0.346. The van der Waals surface area contributed by atoms with Crippen molar-refractivity contribution < 1.29 is 18.8 Å². The number of hydrogen-bond acceptors (Lipinski definition) is 4. The molecule has 0 saturated carbocycles. The van der Waals surface area contributed by atoms with Gasteiger partial charge in [-0.3, -0.25) is 19.7 Å². The van der Waals surface area contributed by atoms with Crippen LogP contribution < -0.4 is 11.1 Å². The molecule has 1 unspecified atom stereocenters. The summed E-state index contributed by atoms with van der Waals surface area (Å²) in [7, 11) is 0. The number of nitrogens with zero attached hydrogens (tertiary/aromatic N) is 1. The van der Waals surface area contributed by atoms with Crippen LogP contribution in [-0.4, -0.2) is 28.2 Å². The highest BCUT2D eigenvalue weighted by Gasteiger charge is 2.49. The number of nitrogen functional groups attached to an aromatic ring is 1. The maximum Gasteiger partial charge on any atom is 0.258 e. The molecule has 3 rings (SSSR count). The zero-order valence-electron chi connectivity index (χ0n) is 11.4. The number of carbonyl (C=O) groups excluding carboxylic acids is 3. The minimum absolute atomic E-state index is 0.0653. The van der Waals surface area contributed by atoms with Crippen LogP contribution in [0.2, 0.25) is 0 Å². The van der Waals surface area contributed by atoms with Crippen LogP contribution in [0.15, 0.2) is 12.1 Å². The van der Waals surface area contributed by atoms with Gasteiger partial charge in [-0.1, -0.05) is 0 Å². The van der Waals surface area contributed by atoms with Crippen molar-refractivity contribution in [2.75, 3.05) is 5.73 Å². The van der Waals surface area contributed by atoms with Crippen molar-refractivity contribution >= 4 is 23.4 Å². The van der Waals surface area contributed by atoms with Crippen LogP contribution in [0.4, 0.5) is 10.1 Å². The van der Waals surface area contributed by atoms with Gasteiger partial charge in [-0.15, -0.1) is 0 Å². The van der Waals surface area contributed by atoms with Gasteiger partial charge in [-0.05, 0) is 25.5 Å². The molecule has 1 atom stereocenters. The molecule has 0 radical (unpaired) electrons. The second-order valence-corrected chi connectivity index (χ2v) is 5.53. The van der Waals surface area contributed by atoms with E-state index >= 15 is 0 Å². The Hall–Kier alpha value is -2.44. The Labute approximate surface area is 120 Å². The molecule has 0 bridgehead atoms. The van der Waals surface area contributed by atoms with Crippen LogP contribution in [-0.2, 0) is 16.1 Å². The third-order valence-electron chi connectivity index (χ3n) is 4.25. The third-order valence-corrected chi connectivity index (χ3v) is 4.25. The maximum absolute atomic E-state index is 13.9. The topological polar surface area (TPSA) is 92.5 Å². The maximum atomic E-state index is 13.9. The Morgan fingerprint density at radius 3 is 2.67 bits per heavy atom. The number of hydrogen-bond donors (Lipinski definition) is 2. The number of amides is 3. The van der Waals surface area contributed by atoms with E-state index in [2.05, 4.69) is 5.32 Å². The number of imide groups is 1. The van der Waals surface area contributed by atoms with Crippen LogP contribution in [0, 0.1) is 5.82 Å². The van der Waals surface area contributed by atoms with Gasteiger partial charge in [0.25, 0.3) is 11.8 Å². The molecular weight excluding hydrogens is 277 g/mol. The number of carbonyl (C=O) groups is 3. The van der Waals surface area contributed by atoms with Crippen molar-refractivity contribution in [2.45, 2.75) is 31.8 Å². The van der Waals surface area contributed by atoms with Crippen molar-refractivity contribution in [3.8, 4) is 0 Å². The molecule has 110 valence electrons. The fraction of sp³-hybridized carbons (Fsp3) is 0.357. The number of benzene rings is 1. The van der Waals surface area contributed by atoms with Gasteiger partial charge in [-0.25, -0.2) is 4.39 Å². The Bertz CT molecular complexity index is 688. The lowest BCUT2D eigenvalue weighted by Gasteiger charge is -2.39. The van der Waals surface area contributed by atoms with Crippen LogP contribution in [0.5, 0.6) is 0 Å². The molecule has 1 aromatic rings. The number of anilines is 1. The number of nitrogens with two attached hydrogens (primary N) is 1. The van der Waals surface area contributed by atoms with Crippen molar-refractivity contribution in [1.29, 1.82) is 0 Å². The second-order valence-electron chi connectivity index (χ2n) is 5.53. The van der Waals surface area contributed by atoms with Crippen molar-refractivity contribution in [3.63, 3.8) is 0 Å². The molecule has 3 amide bonds. The van der Waals surface area contributed by atoms with Crippen LogP contribution >= 0.6 is 0 Å². The van der Waals surface area contributed by atoms with Crippen molar-refractivity contribution in [3.05, 3.63) is 29.1 Å². The zero-order chi connectivity index (χ0) is 15.4. The monoisotopic (exact) mass is 291 g/mol. The highest BCUT2D eigenvalue weighted by atomic mass is 19.1. The van der Waals surface area contributed by atoms with E-state index in [4.69, 9.17) is 5.73 Å². The molecule has 0 aromatic heterocycles. The molecular formula is C14H14FN3O3. The molecule has 1 saturated heterocycles. The molecule has 1 fully saturated rings. The van der Waals surface area contributed by atoms with Crippen LogP contribution in [0.25, 0.3) is 0 Å². The smallest absolute Gasteiger partial charge is 0.258 e. The van der Waals surface area contributed by atoms with E-state index in [1.807, 2.05) is 0 Å². The predicted octanol–water partition coefficient (Wildman–Crippen LogP) is 0.559. The molecule has 1 aromatic carbocycles. The third kappa shape index (κ3) is 1.80. The number of piperidine rings is 1. The highest BCUT2D eigenvalue weighted by molar-refractivity contribution is 6.08. The van der Waals surface area contributed by atoms with Crippen molar-refractivity contribution in [1.82, 2.24) is 10.2 Å². The molecule has 2 heterocycles. The lowest BCUT2D eigenvalue weighted by atomic mass is 9.89. The number of nitrogens with one attached hydrogen (secondary N) is 1. The van der Waals surface area contributed by atoms with Crippen LogP contribution in [0.3, 0.4) is 0 Å². The molecule has 3 N–H and O–H groups in total. The Balaban J connectivity index is 2.02. The van der Waals surface area contributed by atoms with Crippen LogP contribution in [0.1, 0.15) is 35.7 Å². The van der Waals surface area contributed by atoms with Gasteiger partial charge >= 0.3 is 0 Å². The number of halogens is 1. The molecule has 21 heavy (non-hydrogen) atoms. The lowest BCUT2D eigenvalue weighted by Crippen LogP contribution is -2.61. The first-order valence-corrected chi connectivity index (χ1v) is 6.57. The molecule has 7 heteroatoms. The summed E-state index contributed by atoms with van der Waals surface area (Å²) in [6.45, 7) is 1.64. The minimum Gasteiger partial charge on any atom is -0.398 e. The van der Waals surface area contributed by atoms with Gasteiger partial charge in [0.05, 0.1) is 12.1 Å². The first-order chi connectivity index (χ1) is 9.84. The average Bonchev–Trinajstić information content (AvgIpc) is 2.79. The summed E-state index contributed by atoms with van der Waals surface area (Å²) in [4.78, 5) is 37.2.